The van der Waals surface area contributed by atoms with E-state index in [2.05, 4.69) is 30.0 Å². The molecule has 2 N–H and O–H groups in total. The van der Waals surface area contributed by atoms with Crippen molar-refractivity contribution in [3.8, 4) is 6.07 Å². The van der Waals surface area contributed by atoms with Gasteiger partial charge in [0.05, 0.1) is 11.6 Å². The largest absolute Gasteiger partial charge is 0.367 e. The standard InChI is InChI=1S/C16H23N3/c1-3-13-6-7-19(16(9-13)11-18)15-5-4-14(10-17)12(2)8-15/h4-5,8,13,16H,3,6-7,9,11,18H2,1-2H3. The van der Waals surface area contributed by atoms with E-state index in [4.69, 9.17) is 11.0 Å². The lowest BCUT2D eigenvalue weighted by Gasteiger charge is -2.40. The van der Waals surface area contributed by atoms with Crippen LogP contribution >= 0.6 is 0 Å². The number of benzene rings is 1. The van der Waals surface area contributed by atoms with Gasteiger partial charge in [0.1, 0.15) is 0 Å². The fourth-order valence-corrected chi connectivity index (χ4v) is 3.02. The Labute approximate surface area is 116 Å². The summed E-state index contributed by atoms with van der Waals surface area (Å²) in [6, 6.07) is 8.76. The van der Waals surface area contributed by atoms with Gasteiger partial charge in [-0.3, -0.25) is 0 Å². The van der Waals surface area contributed by atoms with Crippen molar-refractivity contribution in [1.29, 1.82) is 5.26 Å². The summed E-state index contributed by atoms with van der Waals surface area (Å²) in [5, 5.41) is 9.00. The van der Waals surface area contributed by atoms with Gasteiger partial charge in [0.15, 0.2) is 0 Å². The van der Waals surface area contributed by atoms with Crippen LogP contribution in [0.4, 0.5) is 5.69 Å². The zero-order chi connectivity index (χ0) is 13.8. The molecule has 1 heterocycles. The Morgan fingerprint density at radius 1 is 1.47 bits per heavy atom. The second-order valence-electron chi connectivity index (χ2n) is 5.49. The SMILES string of the molecule is CCC1CCN(c2ccc(C#N)c(C)c2)C(CN)C1. The third kappa shape index (κ3) is 2.90. The summed E-state index contributed by atoms with van der Waals surface area (Å²) in [6.07, 6.45) is 3.68. The molecule has 0 radical (unpaired) electrons. The molecule has 0 spiro atoms. The van der Waals surface area contributed by atoms with Crippen molar-refractivity contribution >= 4 is 5.69 Å². The van der Waals surface area contributed by atoms with Crippen molar-refractivity contribution in [2.45, 2.75) is 39.2 Å². The van der Waals surface area contributed by atoms with Crippen LogP contribution < -0.4 is 10.6 Å². The average molecular weight is 257 g/mol. The lowest BCUT2D eigenvalue weighted by molar-refractivity contribution is 0.336. The minimum atomic E-state index is 0.436. The van der Waals surface area contributed by atoms with E-state index in [1.54, 1.807) is 0 Å². The third-order valence-electron chi connectivity index (χ3n) is 4.34. The maximum absolute atomic E-state index is 9.00. The number of nitrogens with zero attached hydrogens (tertiary/aromatic N) is 2. The van der Waals surface area contributed by atoms with Crippen LogP contribution in [0.3, 0.4) is 0 Å². The van der Waals surface area contributed by atoms with Crippen molar-refractivity contribution in [3.63, 3.8) is 0 Å². The second-order valence-corrected chi connectivity index (χ2v) is 5.49. The summed E-state index contributed by atoms with van der Waals surface area (Å²) < 4.78 is 0. The van der Waals surface area contributed by atoms with Crippen molar-refractivity contribution in [3.05, 3.63) is 29.3 Å². The Morgan fingerprint density at radius 2 is 2.26 bits per heavy atom. The number of hydrogen-bond acceptors (Lipinski definition) is 3. The molecule has 0 aromatic heterocycles. The van der Waals surface area contributed by atoms with Gasteiger partial charge in [-0.1, -0.05) is 13.3 Å². The second kappa shape index (κ2) is 6.08. The summed E-state index contributed by atoms with van der Waals surface area (Å²) in [5.74, 6) is 0.810. The Kier molecular flexibility index (Phi) is 4.44. The molecule has 102 valence electrons. The molecule has 1 fully saturated rings. The summed E-state index contributed by atoms with van der Waals surface area (Å²) in [7, 11) is 0. The zero-order valence-corrected chi connectivity index (χ0v) is 11.9. The summed E-state index contributed by atoms with van der Waals surface area (Å²) in [4.78, 5) is 2.42. The lowest BCUT2D eigenvalue weighted by atomic mass is 9.88. The number of anilines is 1. The van der Waals surface area contributed by atoms with E-state index in [0.29, 0.717) is 12.6 Å². The van der Waals surface area contributed by atoms with Gasteiger partial charge in [-0.25, -0.2) is 0 Å². The molecular weight excluding hydrogens is 234 g/mol. The van der Waals surface area contributed by atoms with Gasteiger partial charge >= 0.3 is 0 Å². The van der Waals surface area contributed by atoms with Crippen LogP contribution in [-0.4, -0.2) is 19.1 Å². The summed E-state index contributed by atoms with van der Waals surface area (Å²) in [5.41, 5.74) is 8.97. The molecule has 1 aromatic rings. The molecule has 3 nitrogen and oxygen atoms in total. The first kappa shape index (κ1) is 13.9. The van der Waals surface area contributed by atoms with E-state index in [0.717, 1.165) is 23.6 Å². The highest BCUT2D eigenvalue weighted by atomic mass is 15.2. The molecule has 1 aliphatic rings. The lowest BCUT2D eigenvalue weighted by Crippen LogP contribution is -2.46. The van der Waals surface area contributed by atoms with Crippen molar-refractivity contribution in [2.75, 3.05) is 18.0 Å². The summed E-state index contributed by atoms with van der Waals surface area (Å²) in [6.45, 7) is 6.04. The molecule has 0 aliphatic carbocycles. The molecule has 0 bridgehead atoms. The minimum Gasteiger partial charge on any atom is -0.367 e. The van der Waals surface area contributed by atoms with Crippen LogP contribution in [0.25, 0.3) is 0 Å². The van der Waals surface area contributed by atoms with Gasteiger partial charge in [-0.05, 0) is 49.4 Å². The fraction of sp³-hybridized carbons (Fsp3) is 0.562. The van der Waals surface area contributed by atoms with Gasteiger partial charge in [-0.2, -0.15) is 5.26 Å². The fourth-order valence-electron chi connectivity index (χ4n) is 3.02. The molecule has 3 heteroatoms. The number of hydrogen-bond donors (Lipinski definition) is 1. The normalized spacial score (nSPS) is 23.2. The van der Waals surface area contributed by atoms with Gasteiger partial charge in [0.25, 0.3) is 0 Å². The van der Waals surface area contributed by atoms with Crippen LogP contribution in [0, 0.1) is 24.2 Å². The van der Waals surface area contributed by atoms with Crippen molar-refractivity contribution in [1.82, 2.24) is 0 Å². The van der Waals surface area contributed by atoms with Crippen molar-refractivity contribution in [2.24, 2.45) is 11.7 Å². The molecule has 0 amide bonds. The van der Waals surface area contributed by atoms with Crippen LogP contribution in [-0.2, 0) is 0 Å². The topological polar surface area (TPSA) is 53.0 Å². The number of nitrogens with two attached hydrogens (primary N) is 1. The van der Waals surface area contributed by atoms with Gasteiger partial charge in [0.2, 0.25) is 0 Å². The molecule has 1 saturated heterocycles. The Morgan fingerprint density at radius 3 is 2.84 bits per heavy atom. The van der Waals surface area contributed by atoms with E-state index in [9.17, 15) is 0 Å². The first-order valence-electron chi connectivity index (χ1n) is 7.17. The molecular formula is C16H23N3. The molecule has 2 rings (SSSR count). The van der Waals surface area contributed by atoms with E-state index in [1.165, 1.54) is 24.9 Å². The maximum Gasteiger partial charge on any atom is 0.0994 e. The van der Waals surface area contributed by atoms with E-state index in [1.807, 2.05) is 13.0 Å². The number of aryl methyl sites for hydroxylation is 1. The molecule has 2 atom stereocenters. The molecule has 1 aliphatic heterocycles. The highest BCUT2D eigenvalue weighted by Crippen LogP contribution is 2.30. The number of rotatable bonds is 3. The van der Waals surface area contributed by atoms with Crippen LogP contribution in [0.2, 0.25) is 0 Å². The quantitative estimate of drug-likeness (QED) is 0.906. The van der Waals surface area contributed by atoms with Gasteiger partial charge in [0, 0.05) is 24.8 Å². The Balaban J connectivity index is 2.21. The van der Waals surface area contributed by atoms with Gasteiger partial charge < -0.3 is 10.6 Å². The molecule has 2 unspecified atom stereocenters. The smallest absolute Gasteiger partial charge is 0.0994 e. The van der Waals surface area contributed by atoms with E-state index in [-0.39, 0.29) is 0 Å². The third-order valence-corrected chi connectivity index (χ3v) is 4.34. The predicted octanol–water partition coefficient (Wildman–Crippen LogP) is 2.82. The van der Waals surface area contributed by atoms with Gasteiger partial charge in [-0.15, -0.1) is 0 Å². The molecule has 1 aromatic carbocycles. The van der Waals surface area contributed by atoms with Crippen LogP contribution in [0.15, 0.2) is 18.2 Å². The first-order valence-corrected chi connectivity index (χ1v) is 7.17. The maximum atomic E-state index is 9.00. The first-order chi connectivity index (χ1) is 9.19. The van der Waals surface area contributed by atoms with Crippen LogP contribution in [0.5, 0.6) is 0 Å². The molecule has 0 saturated carbocycles. The summed E-state index contributed by atoms with van der Waals surface area (Å²) >= 11 is 0. The molecule has 19 heavy (non-hydrogen) atoms. The highest BCUT2D eigenvalue weighted by molar-refractivity contribution is 5.54. The Bertz CT molecular complexity index is 475. The van der Waals surface area contributed by atoms with Crippen LogP contribution in [0.1, 0.15) is 37.3 Å². The zero-order valence-electron chi connectivity index (χ0n) is 11.9. The Hall–Kier alpha value is -1.53. The monoisotopic (exact) mass is 257 g/mol. The van der Waals surface area contributed by atoms with Crippen molar-refractivity contribution < 1.29 is 0 Å². The number of nitriles is 1. The predicted molar refractivity (Wildman–Crippen MR) is 79.1 cm³/mol. The van der Waals surface area contributed by atoms with E-state index >= 15 is 0 Å². The van der Waals surface area contributed by atoms with E-state index < -0.39 is 0 Å². The number of piperidine rings is 1. The average Bonchev–Trinajstić information content (AvgIpc) is 2.46. The highest BCUT2D eigenvalue weighted by Gasteiger charge is 2.26. The minimum absolute atomic E-state index is 0.436.